The van der Waals surface area contributed by atoms with Crippen LogP contribution in [-0.4, -0.2) is 71.8 Å². The molecule has 0 radical (unpaired) electrons. The molecule has 0 saturated carbocycles. The van der Waals surface area contributed by atoms with E-state index in [4.69, 9.17) is 14.5 Å². The second-order valence-electron chi connectivity index (χ2n) is 10.4. The zero-order chi connectivity index (χ0) is 25.3. The molecule has 0 atom stereocenters. The van der Waals surface area contributed by atoms with Crippen molar-refractivity contribution in [2.24, 2.45) is 0 Å². The van der Waals surface area contributed by atoms with Crippen molar-refractivity contribution in [1.29, 1.82) is 0 Å². The summed E-state index contributed by atoms with van der Waals surface area (Å²) in [7, 11) is 0. The first-order valence-corrected chi connectivity index (χ1v) is 12.6. The first-order chi connectivity index (χ1) is 17.3. The van der Waals surface area contributed by atoms with Gasteiger partial charge in [0.25, 0.3) is 5.91 Å². The minimum atomic E-state index is -0.496. The highest BCUT2D eigenvalue weighted by Gasteiger charge is 2.26. The van der Waals surface area contributed by atoms with E-state index >= 15 is 0 Å². The summed E-state index contributed by atoms with van der Waals surface area (Å²) >= 11 is 0. The third kappa shape index (κ3) is 5.21. The smallest absolute Gasteiger partial charge is 0.410 e. The third-order valence-electron chi connectivity index (χ3n) is 6.73. The highest BCUT2D eigenvalue weighted by atomic mass is 16.6. The average Bonchev–Trinajstić information content (AvgIpc) is 3.31. The maximum absolute atomic E-state index is 12.8. The van der Waals surface area contributed by atoms with Crippen LogP contribution < -0.4 is 0 Å². The molecule has 2 amide bonds. The number of ether oxygens (including phenoxy) is 2. The van der Waals surface area contributed by atoms with Gasteiger partial charge < -0.3 is 19.3 Å². The van der Waals surface area contributed by atoms with E-state index in [2.05, 4.69) is 18.2 Å². The highest BCUT2D eigenvalue weighted by Crippen LogP contribution is 2.37. The molecule has 5 rings (SSSR count). The van der Waals surface area contributed by atoms with Crippen LogP contribution >= 0.6 is 0 Å². The number of allylic oxidation sites excluding steroid dienone is 2. The van der Waals surface area contributed by atoms with Gasteiger partial charge in [-0.05, 0) is 62.1 Å². The lowest BCUT2D eigenvalue weighted by atomic mass is 9.94. The van der Waals surface area contributed by atoms with Gasteiger partial charge in [-0.3, -0.25) is 9.78 Å². The van der Waals surface area contributed by atoms with E-state index in [0.717, 1.165) is 35.2 Å². The second-order valence-corrected chi connectivity index (χ2v) is 10.4. The monoisotopic (exact) mass is 487 g/mol. The van der Waals surface area contributed by atoms with Crippen LogP contribution in [0.4, 0.5) is 4.79 Å². The standard InChI is InChI=1S/C29H33N3O4/c1-29(2,3)36-28(34)32-12-10-21(11-13-32)24-8-9-26-25(24)18-23(19-30-26)20-4-6-22(7-5-20)27(33)31-14-16-35-17-15-31/h4-8,10,18-19H,9,11-17H2,1-3H3. The van der Waals surface area contributed by atoms with E-state index in [9.17, 15) is 9.59 Å². The molecule has 3 aliphatic rings. The molecule has 1 fully saturated rings. The van der Waals surface area contributed by atoms with E-state index in [1.165, 1.54) is 11.1 Å². The number of nitrogens with zero attached hydrogens (tertiary/aromatic N) is 3. The van der Waals surface area contributed by atoms with Gasteiger partial charge in [0.1, 0.15) is 5.60 Å². The summed E-state index contributed by atoms with van der Waals surface area (Å²) in [6.45, 7) is 9.29. The Morgan fingerprint density at radius 1 is 0.972 bits per heavy atom. The van der Waals surface area contributed by atoms with Crippen molar-refractivity contribution in [1.82, 2.24) is 14.8 Å². The molecule has 7 heteroatoms. The van der Waals surface area contributed by atoms with Crippen LogP contribution in [0.3, 0.4) is 0 Å². The molecule has 7 nitrogen and oxygen atoms in total. The average molecular weight is 488 g/mol. The Hall–Kier alpha value is -3.45. The molecule has 2 aromatic rings. The van der Waals surface area contributed by atoms with Crippen molar-refractivity contribution in [3.8, 4) is 11.1 Å². The Balaban J connectivity index is 1.30. The molecule has 0 bridgehead atoms. The highest BCUT2D eigenvalue weighted by molar-refractivity contribution is 5.95. The number of morpholine rings is 1. The maximum Gasteiger partial charge on any atom is 0.410 e. The quantitative estimate of drug-likeness (QED) is 0.626. The topological polar surface area (TPSA) is 72.0 Å². The lowest BCUT2D eigenvalue weighted by Crippen LogP contribution is -2.40. The Labute approximate surface area is 212 Å². The van der Waals surface area contributed by atoms with Crippen LogP contribution in [-0.2, 0) is 15.9 Å². The number of pyridine rings is 1. The van der Waals surface area contributed by atoms with Gasteiger partial charge in [-0.25, -0.2) is 4.79 Å². The predicted molar refractivity (Wildman–Crippen MR) is 139 cm³/mol. The van der Waals surface area contributed by atoms with Crippen LogP contribution in [0.25, 0.3) is 16.7 Å². The summed E-state index contributed by atoms with van der Waals surface area (Å²) in [5.41, 5.74) is 6.94. The molecule has 1 aliphatic carbocycles. The minimum absolute atomic E-state index is 0.0480. The van der Waals surface area contributed by atoms with Crippen LogP contribution in [0.2, 0.25) is 0 Å². The molecular weight excluding hydrogens is 454 g/mol. The maximum atomic E-state index is 12.8. The van der Waals surface area contributed by atoms with E-state index in [0.29, 0.717) is 45.0 Å². The zero-order valence-corrected chi connectivity index (χ0v) is 21.3. The predicted octanol–water partition coefficient (Wildman–Crippen LogP) is 4.73. The molecule has 2 aliphatic heterocycles. The molecule has 188 valence electrons. The molecule has 1 aromatic heterocycles. The van der Waals surface area contributed by atoms with Crippen molar-refractivity contribution in [3.05, 3.63) is 71.1 Å². The van der Waals surface area contributed by atoms with Crippen LogP contribution in [0.1, 0.15) is 48.8 Å². The minimum Gasteiger partial charge on any atom is -0.444 e. The number of fused-ring (bicyclic) bond motifs is 1. The molecule has 3 heterocycles. The fourth-order valence-corrected chi connectivity index (χ4v) is 4.82. The molecule has 0 unspecified atom stereocenters. The van der Waals surface area contributed by atoms with E-state index in [-0.39, 0.29) is 12.0 Å². The van der Waals surface area contributed by atoms with Gasteiger partial charge >= 0.3 is 6.09 Å². The number of benzene rings is 1. The van der Waals surface area contributed by atoms with E-state index in [1.807, 2.05) is 56.1 Å². The van der Waals surface area contributed by atoms with Crippen molar-refractivity contribution in [2.75, 3.05) is 39.4 Å². The van der Waals surface area contributed by atoms with Crippen LogP contribution in [0.15, 0.2) is 54.3 Å². The van der Waals surface area contributed by atoms with E-state index in [1.54, 1.807) is 4.90 Å². The summed E-state index contributed by atoms with van der Waals surface area (Å²) in [6, 6.07) is 9.97. The van der Waals surface area contributed by atoms with Gasteiger partial charge in [-0.1, -0.05) is 24.3 Å². The third-order valence-corrected chi connectivity index (χ3v) is 6.73. The van der Waals surface area contributed by atoms with Crippen molar-refractivity contribution in [3.63, 3.8) is 0 Å². The molecule has 0 N–H and O–H groups in total. The van der Waals surface area contributed by atoms with Crippen molar-refractivity contribution >= 4 is 17.6 Å². The lowest BCUT2D eigenvalue weighted by molar-refractivity contribution is 0.0266. The Morgan fingerprint density at radius 3 is 2.39 bits per heavy atom. The Kier molecular flexibility index (Phi) is 6.67. The second kappa shape index (κ2) is 9.90. The number of carbonyl (C=O) groups excluding carboxylic acids is 2. The van der Waals surface area contributed by atoms with Gasteiger partial charge in [-0.2, -0.15) is 0 Å². The molecule has 1 saturated heterocycles. The number of hydrogen-bond acceptors (Lipinski definition) is 5. The number of hydrogen-bond donors (Lipinski definition) is 0. The van der Waals surface area contributed by atoms with Gasteiger partial charge in [0.15, 0.2) is 0 Å². The van der Waals surface area contributed by atoms with Crippen LogP contribution in [0, 0.1) is 0 Å². The van der Waals surface area contributed by atoms with Crippen LogP contribution in [0.5, 0.6) is 0 Å². The first kappa shape index (κ1) is 24.3. The Morgan fingerprint density at radius 2 is 1.72 bits per heavy atom. The number of carbonyl (C=O) groups is 2. The largest absolute Gasteiger partial charge is 0.444 e. The summed E-state index contributed by atoms with van der Waals surface area (Å²) in [4.78, 5) is 33.5. The molecule has 0 spiro atoms. The number of aromatic nitrogens is 1. The summed E-state index contributed by atoms with van der Waals surface area (Å²) < 4.78 is 10.9. The summed E-state index contributed by atoms with van der Waals surface area (Å²) in [6.07, 6.45) is 7.61. The zero-order valence-electron chi connectivity index (χ0n) is 21.3. The van der Waals surface area contributed by atoms with Gasteiger partial charge in [0.2, 0.25) is 0 Å². The molecule has 36 heavy (non-hydrogen) atoms. The van der Waals surface area contributed by atoms with Gasteiger partial charge in [0, 0.05) is 55.5 Å². The van der Waals surface area contributed by atoms with Crippen molar-refractivity contribution in [2.45, 2.75) is 39.2 Å². The lowest BCUT2D eigenvalue weighted by Gasteiger charge is -2.30. The molecular formula is C29H33N3O4. The van der Waals surface area contributed by atoms with Gasteiger partial charge in [0.05, 0.1) is 18.9 Å². The van der Waals surface area contributed by atoms with Crippen molar-refractivity contribution < 1.29 is 19.1 Å². The summed E-state index contributed by atoms with van der Waals surface area (Å²) in [5.74, 6) is 0.0480. The normalized spacial score (nSPS) is 17.9. The summed E-state index contributed by atoms with van der Waals surface area (Å²) in [5, 5.41) is 0. The Bertz CT molecular complexity index is 1220. The fraction of sp³-hybridized carbons (Fsp3) is 0.414. The number of rotatable bonds is 3. The van der Waals surface area contributed by atoms with Gasteiger partial charge in [-0.15, -0.1) is 0 Å². The molecule has 1 aromatic carbocycles. The number of amides is 2. The fourth-order valence-electron chi connectivity index (χ4n) is 4.82. The van der Waals surface area contributed by atoms with E-state index < -0.39 is 5.60 Å². The SMILES string of the molecule is CC(C)(C)OC(=O)N1CC=C(C2=CCc3ncc(-c4ccc(C(=O)N5CCOCC5)cc4)cc32)CC1. The first-order valence-electron chi connectivity index (χ1n) is 12.6.